The van der Waals surface area contributed by atoms with Crippen molar-refractivity contribution in [3.8, 4) is 0 Å². The Morgan fingerprint density at radius 1 is 1.53 bits per heavy atom. The second-order valence-corrected chi connectivity index (χ2v) is 3.55. The number of alkyl halides is 3. The number of aliphatic hydroxyl groups is 1. The van der Waals surface area contributed by atoms with Crippen LogP contribution in [0.2, 0.25) is 0 Å². The number of ether oxygens (including phenoxy) is 1. The quantitative estimate of drug-likeness (QED) is 0.688. The Labute approximate surface area is 85.8 Å². The number of hydrogen-bond donors (Lipinski definition) is 2. The van der Waals surface area contributed by atoms with Crippen LogP contribution >= 0.6 is 0 Å². The van der Waals surface area contributed by atoms with Gasteiger partial charge in [0.1, 0.15) is 0 Å². The molecular weight excluding hydrogens is 213 g/mol. The molecule has 0 aliphatic carbocycles. The maximum Gasteiger partial charge on any atom is 0.415 e. The fourth-order valence-corrected chi connectivity index (χ4v) is 1.44. The minimum absolute atomic E-state index is 0.237. The highest BCUT2D eigenvalue weighted by Crippen LogP contribution is 2.21. The highest BCUT2D eigenvalue weighted by Gasteiger charge is 2.39. The van der Waals surface area contributed by atoms with Crippen LogP contribution in [-0.4, -0.2) is 61.2 Å². The summed E-state index contributed by atoms with van der Waals surface area (Å²) in [5.41, 5.74) is 5.35. The van der Waals surface area contributed by atoms with Crippen molar-refractivity contribution in [2.45, 2.75) is 18.4 Å². The van der Waals surface area contributed by atoms with Crippen molar-refractivity contribution in [1.29, 1.82) is 0 Å². The summed E-state index contributed by atoms with van der Waals surface area (Å²) in [5, 5.41) is 8.86. The van der Waals surface area contributed by atoms with Gasteiger partial charge in [-0.2, -0.15) is 13.2 Å². The van der Waals surface area contributed by atoms with Gasteiger partial charge in [-0.1, -0.05) is 0 Å². The predicted octanol–water partition coefficient (Wildman–Crippen LogP) is -0.431. The van der Waals surface area contributed by atoms with Crippen molar-refractivity contribution < 1.29 is 23.0 Å². The Morgan fingerprint density at radius 2 is 2.20 bits per heavy atom. The van der Waals surface area contributed by atoms with Gasteiger partial charge in [0.15, 0.2) is 6.10 Å². The smallest absolute Gasteiger partial charge is 0.382 e. The van der Waals surface area contributed by atoms with Gasteiger partial charge in [0.2, 0.25) is 0 Å². The number of hydrogen-bond acceptors (Lipinski definition) is 4. The van der Waals surface area contributed by atoms with Gasteiger partial charge in [0.05, 0.1) is 12.7 Å². The van der Waals surface area contributed by atoms with Crippen LogP contribution in [0.1, 0.15) is 0 Å². The van der Waals surface area contributed by atoms with Crippen LogP contribution < -0.4 is 5.73 Å². The molecule has 0 aromatic heterocycles. The van der Waals surface area contributed by atoms with Gasteiger partial charge in [0.25, 0.3) is 0 Å². The fraction of sp³-hybridized carbons (Fsp3) is 1.00. The van der Waals surface area contributed by atoms with Gasteiger partial charge < -0.3 is 15.6 Å². The van der Waals surface area contributed by atoms with Crippen LogP contribution in [0.15, 0.2) is 0 Å². The molecule has 7 heteroatoms. The van der Waals surface area contributed by atoms with Crippen LogP contribution in [0.25, 0.3) is 0 Å². The van der Waals surface area contributed by atoms with Gasteiger partial charge >= 0.3 is 6.18 Å². The average Bonchev–Trinajstić information content (AvgIpc) is 2.16. The summed E-state index contributed by atoms with van der Waals surface area (Å²) in [6.07, 6.45) is -7.09. The Morgan fingerprint density at radius 3 is 2.73 bits per heavy atom. The van der Waals surface area contributed by atoms with Gasteiger partial charge in [-0.3, -0.25) is 4.90 Å². The zero-order valence-electron chi connectivity index (χ0n) is 8.20. The minimum atomic E-state index is -4.56. The van der Waals surface area contributed by atoms with E-state index >= 15 is 0 Å². The van der Waals surface area contributed by atoms with E-state index in [0.29, 0.717) is 19.7 Å². The van der Waals surface area contributed by atoms with E-state index < -0.39 is 18.8 Å². The second-order valence-electron chi connectivity index (χ2n) is 3.55. The summed E-state index contributed by atoms with van der Waals surface area (Å²) in [5.74, 6) is 0. The van der Waals surface area contributed by atoms with E-state index in [9.17, 15) is 13.2 Å². The molecule has 2 unspecified atom stereocenters. The fourth-order valence-electron chi connectivity index (χ4n) is 1.44. The normalized spacial score (nSPS) is 26.6. The molecule has 1 aliphatic heterocycles. The number of β-amino-alcohol motifs (C(OH)–C–C–N with tert-alkyl or cyclic N) is 1. The number of rotatable bonds is 3. The zero-order valence-corrected chi connectivity index (χ0v) is 8.20. The van der Waals surface area contributed by atoms with Crippen molar-refractivity contribution in [1.82, 2.24) is 4.90 Å². The lowest BCUT2D eigenvalue weighted by Crippen LogP contribution is -2.50. The number of aliphatic hydroxyl groups excluding tert-OH is 1. The third-order valence-corrected chi connectivity index (χ3v) is 2.29. The molecule has 0 bridgehead atoms. The molecule has 0 aromatic rings. The first-order valence-electron chi connectivity index (χ1n) is 4.72. The lowest BCUT2D eigenvalue weighted by atomic mass is 10.2. The molecule has 0 amide bonds. The minimum Gasteiger partial charge on any atom is -0.382 e. The Balaban J connectivity index is 2.38. The second kappa shape index (κ2) is 5.11. The SMILES string of the molecule is NCC1CN(CC(O)C(F)(F)F)CCO1. The van der Waals surface area contributed by atoms with E-state index in [2.05, 4.69) is 0 Å². The van der Waals surface area contributed by atoms with Gasteiger partial charge in [-0.05, 0) is 0 Å². The molecule has 90 valence electrons. The van der Waals surface area contributed by atoms with E-state index in [4.69, 9.17) is 15.6 Å². The summed E-state index contributed by atoms with van der Waals surface area (Å²) in [6, 6.07) is 0. The molecule has 1 aliphatic rings. The first-order chi connectivity index (χ1) is 6.93. The lowest BCUT2D eigenvalue weighted by Gasteiger charge is -2.33. The maximum absolute atomic E-state index is 12.1. The van der Waals surface area contributed by atoms with E-state index in [0.717, 1.165) is 0 Å². The Kier molecular flexibility index (Phi) is 4.32. The molecule has 1 rings (SSSR count). The number of nitrogens with zero attached hydrogens (tertiary/aromatic N) is 1. The van der Waals surface area contributed by atoms with Crippen molar-refractivity contribution >= 4 is 0 Å². The Bertz CT molecular complexity index is 201. The topological polar surface area (TPSA) is 58.7 Å². The number of nitrogens with two attached hydrogens (primary N) is 1. The van der Waals surface area contributed by atoms with Crippen LogP contribution in [0.5, 0.6) is 0 Å². The van der Waals surface area contributed by atoms with Crippen molar-refractivity contribution in [3.63, 3.8) is 0 Å². The molecule has 4 nitrogen and oxygen atoms in total. The molecule has 0 saturated carbocycles. The maximum atomic E-state index is 12.1. The molecule has 1 heterocycles. The zero-order chi connectivity index (χ0) is 11.5. The molecule has 0 radical (unpaired) electrons. The van der Waals surface area contributed by atoms with Gasteiger partial charge in [-0.15, -0.1) is 0 Å². The van der Waals surface area contributed by atoms with Crippen LogP contribution in [0.4, 0.5) is 13.2 Å². The monoisotopic (exact) mass is 228 g/mol. The third kappa shape index (κ3) is 3.94. The van der Waals surface area contributed by atoms with E-state index in [-0.39, 0.29) is 12.6 Å². The Hall–Kier alpha value is -0.370. The molecule has 2 atom stereocenters. The standard InChI is InChI=1S/C8H15F3N2O2/c9-8(10,11)7(14)5-13-1-2-15-6(3-12)4-13/h6-7,14H,1-5,12H2. The van der Waals surface area contributed by atoms with Crippen molar-refractivity contribution in [2.75, 3.05) is 32.8 Å². The number of halogens is 3. The van der Waals surface area contributed by atoms with Crippen LogP contribution in [0, 0.1) is 0 Å². The predicted molar refractivity (Wildman–Crippen MR) is 47.3 cm³/mol. The molecule has 0 spiro atoms. The molecule has 0 aromatic carbocycles. The molecule has 1 fully saturated rings. The summed E-state index contributed by atoms with van der Waals surface area (Å²) in [6.45, 7) is 0.946. The van der Waals surface area contributed by atoms with E-state index in [1.807, 2.05) is 0 Å². The highest BCUT2D eigenvalue weighted by atomic mass is 19.4. The molecule has 15 heavy (non-hydrogen) atoms. The van der Waals surface area contributed by atoms with Crippen molar-refractivity contribution in [2.24, 2.45) is 5.73 Å². The molecule has 1 saturated heterocycles. The summed E-state index contributed by atoms with van der Waals surface area (Å²) < 4.78 is 41.3. The van der Waals surface area contributed by atoms with E-state index in [1.54, 1.807) is 0 Å². The van der Waals surface area contributed by atoms with Crippen LogP contribution in [0.3, 0.4) is 0 Å². The largest absolute Gasteiger partial charge is 0.415 e. The molecular formula is C8H15F3N2O2. The first kappa shape index (κ1) is 12.7. The van der Waals surface area contributed by atoms with Crippen molar-refractivity contribution in [3.05, 3.63) is 0 Å². The number of morpholine rings is 1. The lowest BCUT2D eigenvalue weighted by molar-refractivity contribution is -0.211. The summed E-state index contributed by atoms with van der Waals surface area (Å²) in [7, 11) is 0. The van der Waals surface area contributed by atoms with E-state index in [1.165, 1.54) is 4.90 Å². The van der Waals surface area contributed by atoms with Gasteiger partial charge in [0, 0.05) is 26.2 Å². The summed E-state index contributed by atoms with van der Waals surface area (Å²) >= 11 is 0. The third-order valence-electron chi connectivity index (χ3n) is 2.29. The van der Waals surface area contributed by atoms with Gasteiger partial charge in [-0.25, -0.2) is 0 Å². The first-order valence-corrected chi connectivity index (χ1v) is 4.72. The molecule has 3 N–H and O–H groups in total. The highest BCUT2D eigenvalue weighted by molar-refractivity contribution is 4.77. The average molecular weight is 228 g/mol. The van der Waals surface area contributed by atoms with Crippen LogP contribution in [-0.2, 0) is 4.74 Å². The summed E-state index contributed by atoms with van der Waals surface area (Å²) in [4.78, 5) is 1.51.